The van der Waals surface area contributed by atoms with Crippen LogP contribution < -0.4 is 0 Å². The van der Waals surface area contributed by atoms with E-state index in [1.807, 2.05) is 20.8 Å². The van der Waals surface area contributed by atoms with Gasteiger partial charge in [0.25, 0.3) is 0 Å². The molecule has 0 saturated carbocycles. The van der Waals surface area contributed by atoms with Crippen molar-refractivity contribution >= 4 is 11.9 Å². The molecule has 0 heterocycles. The monoisotopic (exact) mass is 272 g/mol. The number of aliphatic carboxylic acids is 2. The molecule has 2 N–H and O–H groups in total. The lowest BCUT2D eigenvalue weighted by molar-refractivity contribution is -0.147. The molecule has 0 aliphatic carbocycles. The SMILES string of the molecule is CCCCC(CC(C)C(CCCC)C(=O)O)C(=O)O. The second-order valence-corrected chi connectivity index (χ2v) is 5.48. The molecule has 0 aliphatic rings. The maximum Gasteiger partial charge on any atom is 0.306 e. The van der Waals surface area contributed by atoms with Gasteiger partial charge in [0.1, 0.15) is 0 Å². The van der Waals surface area contributed by atoms with E-state index >= 15 is 0 Å². The van der Waals surface area contributed by atoms with E-state index in [-0.39, 0.29) is 5.92 Å². The van der Waals surface area contributed by atoms with E-state index in [1.54, 1.807) is 0 Å². The third kappa shape index (κ3) is 7.19. The van der Waals surface area contributed by atoms with Gasteiger partial charge >= 0.3 is 11.9 Å². The quantitative estimate of drug-likeness (QED) is 0.600. The molecule has 3 unspecified atom stereocenters. The highest BCUT2D eigenvalue weighted by molar-refractivity contribution is 5.71. The van der Waals surface area contributed by atoms with Gasteiger partial charge in [0.15, 0.2) is 0 Å². The summed E-state index contributed by atoms with van der Waals surface area (Å²) in [7, 11) is 0. The predicted molar refractivity (Wildman–Crippen MR) is 75.1 cm³/mol. The van der Waals surface area contributed by atoms with Crippen molar-refractivity contribution in [3.05, 3.63) is 0 Å². The van der Waals surface area contributed by atoms with Crippen molar-refractivity contribution in [1.29, 1.82) is 0 Å². The van der Waals surface area contributed by atoms with Crippen LogP contribution in [-0.4, -0.2) is 22.2 Å². The van der Waals surface area contributed by atoms with E-state index in [4.69, 9.17) is 0 Å². The number of carbonyl (C=O) groups is 2. The molecular weight excluding hydrogens is 244 g/mol. The van der Waals surface area contributed by atoms with Crippen LogP contribution in [0.3, 0.4) is 0 Å². The Hall–Kier alpha value is -1.06. The van der Waals surface area contributed by atoms with Crippen molar-refractivity contribution < 1.29 is 19.8 Å². The summed E-state index contributed by atoms with van der Waals surface area (Å²) < 4.78 is 0. The molecule has 4 nitrogen and oxygen atoms in total. The minimum atomic E-state index is -0.792. The highest BCUT2D eigenvalue weighted by atomic mass is 16.4. The Bertz CT molecular complexity index is 275. The van der Waals surface area contributed by atoms with E-state index in [0.29, 0.717) is 19.3 Å². The van der Waals surface area contributed by atoms with Gasteiger partial charge in [-0.3, -0.25) is 9.59 Å². The first kappa shape index (κ1) is 17.9. The number of carboxylic acid groups (broad SMARTS) is 2. The topological polar surface area (TPSA) is 74.6 Å². The largest absolute Gasteiger partial charge is 0.481 e. The summed E-state index contributed by atoms with van der Waals surface area (Å²) in [6.45, 7) is 5.94. The number of carboxylic acids is 2. The number of rotatable bonds is 11. The Kier molecular flexibility index (Phi) is 9.27. The van der Waals surface area contributed by atoms with Crippen molar-refractivity contribution in [3.63, 3.8) is 0 Å². The van der Waals surface area contributed by atoms with Gasteiger partial charge in [-0.05, 0) is 25.2 Å². The minimum Gasteiger partial charge on any atom is -0.481 e. The van der Waals surface area contributed by atoms with Crippen molar-refractivity contribution in [2.75, 3.05) is 0 Å². The Balaban J connectivity index is 4.51. The van der Waals surface area contributed by atoms with Gasteiger partial charge in [0.2, 0.25) is 0 Å². The molecule has 112 valence electrons. The molecule has 0 aliphatic heterocycles. The van der Waals surface area contributed by atoms with Gasteiger partial charge in [-0.2, -0.15) is 0 Å². The van der Waals surface area contributed by atoms with Crippen molar-refractivity contribution in [2.45, 2.75) is 65.7 Å². The molecule has 0 radical (unpaired) electrons. The van der Waals surface area contributed by atoms with Gasteiger partial charge in [-0.15, -0.1) is 0 Å². The zero-order chi connectivity index (χ0) is 14.8. The fourth-order valence-electron chi connectivity index (χ4n) is 2.48. The maximum absolute atomic E-state index is 11.3. The van der Waals surface area contributed by atoms with Gasteiger partial charge in [-0.25, -0.2) is 0 Å². The lowest BCUT2D eigenvalue weighted by atomic mass is 9.81. The molecule has 0 bridgehead atoms. The molecular formula is C15H28O4. The van der Waals surface area contributed by atoms with Crippen LogP contribution >= 0.6 is 0 Å². The smallest absolute Gasteiger partial charge is 0.306 e. The zero-order valence-corrected chi connectivity index (χ0v) is 12.4. The third-order valence-electron chi connectivity index (χ3n) is 3.78. The summed E-state index contributed by atoms with van der Waals surface area (Å²) in [6.07, 6.45) is 5.47. The molecule has 0 fully saturated rings. The number of hydrogen-bond acceptors (Lipinski definition) is 2. The zero-order valence-electron chi connectivity index (χ0n) is 12.4. The first-order valence-electron chi connectivity index (χ1n) is 7.39. The van der Waals surface area contributed by atoms with Gasteiger partial charge < -0.3 is 10.2 Å². The van der Waals surface area contributed by atoms with Crippen LogP contribution in [0.25, 0.3) is 0 Å². The molecule has 0 aromatic carbocycles. The fourth-order valence-corrected chi connectivity index (χ4v) is 2.48. The number of hydrogen-bond donors (Lipinski definition) is 2. The van der Waals surface area contributed by atoms with E-state index in [0.717, 1.165) is 25.7 Å². The fraction of sp³-hybridized carbons (Fsp3) is 0.867. The molecule has 3 atom stereocenters. The van der Waals surface area contributed by atoms with Crippen LogP contribution in [0.2, 0.25) is 0 Å². The lowest BCUT2D eigenvalue weighted by Crippen LogP contribution is -2.26. The van der Waals surface area contributed by atoms with Crippen LogP contribution in [0.4, 0.5) is 0 Å². The Morgan fingerprint density at radius 2 is 1.47 bits per heavy atom. The van der Waals surface area contributed by atoms with Crippen molar-refractivity contribution in [2.24, 2.45) is 17.8 Å². The lowest BCUT2D eigenvalue weighted by Gasteiger charge is -2.23. The highest BCUT2D eigenvalue weighted by Gasteiger charge is 2.28. The Morgan fingerprint density at radius 1 is 0.947 bits per heavy atom. The molecule has 0 saturated heterocycles. The van der Waals surface area contributed by atoms with E-state index in [2.05, 4.69) is 0 Å². The van der Waals surface area contributed by atoms with Crippen molar-refractivity contribution in [3.8, 4) is 0 Å². The molecule has 4 heteroatoms. The van der Waals surface area contributed by atoms with E-state index in [9.17, 15) is 19.8 Å². The predicted octanol–water partition coefficient (Wildman–Crippen LogP) is 3.79. The van der Waals surface area contributed by atoms with Crippen LogP contribution in [0.1, 0.15) is 65.7 Å². The number of unbranched alkanes of at least 4 members (excludes halogenated alkanes) is 2. The average molecular weight is 272 g/mol. The van der Waals surface area contributed by atoms with Crippen LogP contribution in [0.15, 0.2) is 0 Å². The molecule has 0 rings (SSSR count). The summed E-state index contributed by atoms with van der Waals surface area (Å²) in [5.41, 5.74) is 0. The summed E-state index contributed by atoms with van der Waals surface area (Å²) in [6, 6.07) is 0. The molecule has 0 amide bonds. The molecule has 0 aromatic heterocycles. The Labute approximate surface area is 116 Å². The first-order valence-corrected chi connectivity index (χ1v) is 7.39. The second-order valence-electron chi connectivity index (χ2n) is 5.48. The first-order chi connectivity index (χ1) is 8.93. The van der Waals surface area contributed by atoms with E-state index < -0.39 is 23.8 Å². The summed E-state index contributed by atoms with van der Waals surface area (Å²) >= 11 is 0. The normalized spacial score (nSPS) is 15.7. The van der Waals surface area contributed by atoms with Crippen LogP contribution in [0.5, 0.6) is 0 Å². The highest BCUT2D eigenvalue weighted by Crippen LogP contribution is 2.27. The van der Waals surface area contributed by atoms with Crippen LogP contribution in [0, 0.1) is 17.8 Å². The van der Waals surface area contributed by atoms with Crippen molar-refractivity contribution in [1.82, 2.24) is 0 Å². The minimum absolute atomic E-state index is 0.0815. The maximum atomic E-state index is 11.3. The van der Waals surface area contributed by atoms with Crippen LogP contribution in [-0.2, 0) is 9.59 Å². The molecule has 0 aromatic rings. The average Bonchev–Trinajstić information content (AvgIpc) is 2.34. The summed E-state index contributed by atoms with van der Waals surface area (Å²) in [5, 5.41) is 18.4. The van der Waals surface area contributed by atoms with Gasteiger partial charge in [-0.1, -0.05) is 46.5 Å². The van der Waals surface area contributed by atoms with Gasteiger partial charge in [0.05, 0.1) is 11.8 Å². The third-order valence-corrected chi connectivity index (χ3v) is 3.78. The summed E-state index contributed by atoms with van der Waals surface area (Å²) in [4.78, 5) is 22.5. The molecule has 0 spiro atoms. The van der Waals surface area contributed by atoms with Gasteiger partial charge in [0, 0.05) is 0 Å². The second kappa shape index (κ2) is 9.82. The standard InChI is InChI=1S/C15H28O4/c1-4-6-8-12(14(16)17)10-11(3)13(15(18)19)9-7-5-2/h11-13H,4-10H2,1-3H3,(H,16,17)(H,18,19). The Morgan fingerprint density at radius 3 is 1.89 bits per heavy atom. The molecule has 19 heavy (non-hydrogen) atoms. The van der Waals surface area contributed by atoms with E-state index in [1.165, 1.54) is 0 Å². The summed E-state index contributed by atoms with van der Waals surface area (Å²) in [5.74, 6) is -2.48.